The zero-order valence-corrected chi connectivity index (χ0v) is 11.0. The Morgan fingerprint density at radius 1 is 1.32 bits per heavy atom. The molecule has 8 heteroatoms. The molecule has 1 aliphatic rings. The molecular formula is C11H17NO7. The molecule has 1 aliphatic heterocycles. The van der Waals surface area contributed by atoms with Gasteiger partial charge in [0.25, 0.3) is 5.91 Å². The molecule has 0 aromatic carbocycles. The van der Waals surface area contributed by atoms with Gasteiger partial charge in [-0.3, -0.25) is 9.59 Å². The van der Waals surface area contributed by atoms with Crippen LogP contribution in [0.3, 0.4) is 0 Å². The molecule has 2 atom stereocenters. The molecule has 0 aromatic heterocycles. The van der Waals surface area contributed by atoms with E-state index < -0.39 is 30.5 Å². The topological polar surface area (TPSA) is 102 Å². The highest BCUT2D eigenvalue weighted by atomic mass is 16.9. The number of esters is 1. The van der Waals surface area contributed by atoms with Crippen LogP contribution in [0.25, 0.3) is 0 Å². The molecular weight excluding hydrogens is 258 g/mol. The van der Waals surface area contributed by atoms with Crippen molar-refractivity contribution in [2.75, 3.05) is 0 Å². The van der Waals surface area contributed by atoms with E-state index in [4.69, 9.17) is 4.74 Å². The molecule has 0 radical (unpaired) electrons. The van der Waals surface area contributed by atoms with Crippen LogP contribution in [0.1, 0.15) is 33.6 Å². The molecule has 1 rings (SSSR count). The first kappa shape index (κ1) is 15.2. The summed E-state index contributed by atoms with van der Waals surface area (Å²) < 4.78 is 9.39. The van der Waals surface area contributed by atoms with E-state index in [1.807, 2.05) is 0 Å². The highest BCUT2D eigenvalue weighted by Gasteiger charge is 2.34. The summed E-state index contributed by atoms with van der Waals surface area (Å²) in [5.41, 5.74) is 0. The van der Waals surface area contributed by atoms with Crippen LogP contribution in [0.15, 0.2) is 0 Å². The van der Waals surface area contributed by atoms with Gasteiger partial charge in [-0.2, -0.15) is 0 Å². The maximum Gasteiger partial charge on any atom is 0.536 e. The fourth-order valence-electron chi connectivity index (χ4n) is 1.32. The fourth-order valence-corrected chi connectivity index (χ4v) is 1.32. The highest BCUT2D eigenvalue weighted by Crippen LogP contribution is 2.17. The average molecular weight is 275 g/mol. The van der Waals surface area contributed by atoms with Gasteiger partial charge in [-0.1, -0.05) is 13.8 Å². The number of rotatable bonds is 4. The lowest BCUT2D eigenvalue weighted by molar-refractivity contribution is -0.212. The van der Waals surface area contributed by atoms with Crippen molar-refractivity contribution in [2.24, 2.45) is 5.92 Å². The zero-order valence-electron chi connectivity index (χ0n) is 11.0. The lowest BCUT2D eigenvalue weighted by Crippen LogP contribution is -2.36. The van der Waals surface area contributed by atoms with Gasteiger partial charge in [0.05, 0.1) is 5.92 Å². The van der Waals surface area contributed by atoms with Crippen molar-refractivity contribution in [1.29, 1.82) is 0 Å². The molecule has 0 bridgehead atoms. The smallest absolute Gasteiger partial charge is 0.425 e. The van der Waals surface area contributed by atoms with Crippen LogP contribution >= 0.6 is 0 Å². The fraction of sp³-hybridized carbons (Fsp3) is 0.727. The summed E-state index contributed by atoms with van der Waals surface area (Å²) in [4.78, 5) is 38.3. The van der Waals surface area contributed by atoms with Crippen LogP contribution in [0.4, 0.5) is 4.79 Å². The number of ether oxygens (including phenoxy) is 2. The van der Waals surface area contributed by atoms with Gasteiger partial charge in [0.1, 0.15) is 0 Å². The molecule has 1 heterocycles. The van der Waals surface area contributed by atoms with E-state index in [-0.39, 0.29) is 18.8 Å². The SMILES string of the molecule is CC(OC(=O)ON1C(=O)CCC1O)OC(=O)C(C)C. The van der Waals surface area contributed by atoms with E-state index in [0.29, 0.717) is 5.06 Å². The Balaban J connectivity index is 2.38. The number of hydrogen-bond acceptors (Lipinski definition) is 7. The van der Waals surface area contributed by atoms with Gasteiger partial charge in [-0.25, -0.2) is 4.79 Å². The molecule has 1 fully saturated rings. The van der Waals surface area contributed by atoms with Gasteiger partial charge in [0, 0.05) is 19.8 Å². The minimum atomic E-state index is -1.22. The summed E-state index contributed by atoms with van der Waals surface area (Å²) in [6.07, 6.45) is -3.26. The maximum atomic E-state index is 11.3. The summed E-state index contributed by atoms with van der Waals surface area (Å²) in [7, 11) is 0. The number of nitrogens with zero attached hydrogens (tertiary/aromatic N) is 1. The zero-order chi connectivity index (χ0) is 14.6. The quantitative estimate of drug-likeness (QED) is 0.590. The van der Waals surface area contributed by atoms with E-state index >= 15 is 0 Å². The first-order valence-corrected chi connectivity index (χ1v) is 5.90. The van der Waals surface area contributed by atoms with Crippen LogP contribution in [0.5, 0.6) is 0 Å². The number of hydroxylamine groups is 2. The second-order valence-electron chi connectivity index (χ2n) is 4.36. The Kier molecular flexibility index (Phi) is 5.11. The number of hydrogen-bond donors (Lipinski definition) is 1. The van der Waals surface area contributed by atoms with Crippen molar-refractivity contribution in [3.8, 4) is 0 Å². The first-order chi connectivity index (χ1) is 8.81. The number of carbonyl (C=O) groups is 3. The predicted molar refractivity (Wildman–Crippen MR) is 60.0 cm³/mol. The third kappa shape index (κ3) is 4.40. The molecule has 0 saturated carbocycles. The molecule has 8 nitrogen and oxygen atoms in total. The Hall–Kier alpha value is -1.83. The molecule has 0 aromatic rings. The molecule has 1 N–H and O–H groups in total. The summed E-state index contributed by atoms with van der Waals surface area (Å²) in [6.45, 7) is 4.60. The molecule has 108 valence electrons. The summed E-state index contributed by atoms with van der Waals surface area (Å²) in [5, 5.41) is 9.89. The van der Waals surface area contributed by atoms with E-state index in [0.717, 1.165) is 0 Å². The number of amides is 1. The normalized spacial score (nSPS) is 20.4. The average Bonchev–Trinajstić information content (AvgIpc) is 2.60. The van der Waals surface area contributed by atoms with Crippen LogP contribution in [-0.4, -0.2) is 40.7 Å². The highest BCUT2D eigenvalue weighted by molar-refractivity contribution is 5.78. The lowest BCUT2D eigenvalue weighted by atomic mass is 10.2. The number of aliphatic hydroxyl groups excluding tert-OH is 1. The third-order valence-corrected chi connectivity index (χ3v) is 2.32. The number of carbonyl (C=O) groups excluding carboxylic acids is 3. The van der Waals surface area contributed by atoms with Gasteiger partial charge in [0.2, 0.25) is 6.29 Å². The van der Waals surface area contributed by atoms with Crippen molar-refractivity contribution in [2.45, 2.75) is 46.1 Å². The van der Waals surface area contributed by atoms with Crippen molar-refractivity contribution in [3.63, 3.8) is 0 Å². The monoisotopic (exact) mass is 275 g/mol. The van der Waals surface area contributed by atoms with Gasteiger partial charge in [0.15, 0.2) is 6.23 Å². The molecule has 0 spiro atoms. The lowest BCUT2D eigenvalue weighted by Gasteiger charge is -2.20. The number of aliphatic hydroxyl groups is 1. The standard InChI is InChI=1S/C11H17NO7/c1-6(2)10(15)17-7(3)18-11(16)19-12-8(13)4-5-9(12)14/h6-8,13H,4-5H2,1-3H3. The first-order valence-electron chi connectivity index (χ1n) is 5.90. The van der Waals surface area contributed by atoms with Gasteiger partial charge in [-0.15, -0.1) is 5.06 Å². The Morgan fingerprint density at radius 3 is 2.42 bits per heavy atom. The maximum absolute atomic E-state index is 11.3. The summed E-state index contributed by atoms with van der Waals surface area (Å²) >= 11 is 0. The van der Waals surface area contributed by atoms with E-state index in [2.05, 4.69) is 9.57 Å². The molecule has 1 amide bonds. The molecule has 2 unspecified atom stereocenters. The Morgan fingerprint density at radius 2 is 1.95 bits per heavy atom. The van der Waals surface area contributed by atoms with Crippen molar-refractivity contribution in [3.05, 3.63) is 0 Å². The van der Waals surface area contributed by atoms with Crippen molar-refractivity contribution in [1.82, 2.24) is 5.06 Å². The van der Waals surface area contributed by atoms with Gasteiger partial charge < -0.3 is 19.4 Å². The largest absolute Gasteiger partial charge is 0.536 e. The Bertz CT molecular complexity index is 368. The van der Waals surface area contributed by atoms with Crippen LogP contribution in [0, 0.1) is 5.92 Å². The second kappa shape index (κ2) is 6.37. The third-order valence-electron chi connectivity index (χ3n) is 2.32. The van der Waals surface area contributed by atoms with Crippen LogP contribution in [-0.2, 0) is 23.9 Å². The van der Waals surface area contributed by atoms with Crippen molar-refractivity contribution >= 4 is 18.0 Å². The molecule has 19 heavy (non-hydrogen) atoms. The minimum absolute atomic E-state index is 0.0896. The second-order valence-corrected chi connectivity index (χ2v) is 4.36. The van der Waals surface area contributed by atoms with E-state index in [1.165, 1.54) is 6.92 Å². The van der Waals surface area contributed by atoms with Gasteiger partial charge in [-0.05, 0) is 0 Å². The van der Waals surface area contributed by atoms with Crippen molar-refractivity contribution < 1.29 is 33.8 Å². The summed E-state index contributed by atoms with van der Waals surface area (Å²) in [5.74, 6) is -1.40. The van der Waals surface area contributed by atoms with E-state index in [1.54, 1.807) is 13.8 Å². The molecule has 0 aliphatic carbocycles. The minimum Gasteiger partial charge on any atom is -0.425 e. The Labute approximate surface area is 110 Å². The van der Waals surface area contributed by atoms with Crippen LogP contribution < -0.4 is 0 Å². The van der Waals surface area contributed by atoms with Crippen LogP contribution in [0.2, 0.25) is 0 Å². The predicted octanol–water partition coefficient (Wildman–Crippen LogP) is 0.541. The van der Waals surface area contributed by atoms with E-state index in [9.17, 15) is 19.5 Å². The molecule has 1 saturated heterocycles. The summed E-state index contributed by atoms with van der Waals surface area (Å²) in [6, 6.07) is 0. The van der Waals surface area contributed by atoms with Gasteiger partial charge >= 0.3 is 12.1 Å².